The fraction of sp³-hybridized carbons (Fsp3) is 0.842. The number of nitrogens with zero attached hydrogens (tertiary/aromatic N) is 1. The topological polar surface area (TPSA) is 216 Å². The minimum absolute atomic E-state index is 0.0726. The number of amides is 5. The summed E-state index contributed by atoms with van der Waals surface area (Å²) < 4.78 is 43.7. The van der Waals surface area contributed by atoms with Gasteiger partial charge in [-0.05, 0) is 25.7 Å². The fourth-order valence-corrected chi connectivity index (χ4v) is 5.02. The largest absolute Gasteiger partial charge is 0.379 e. The van der Waals surface area contributed by atoms with Gasteiger partial charge in [-0.2, -0.15) is 0 Å². The molecule has 1 aliphatic rings. The van der Waals surface area contributed by atoms with Crippen LogP contribution in [-0.2, 0) is 66.7 Å². The Kier molecular flexibility index (Phi) is 29.0. The molecule has 0 spiro atoms. The summed E-state index contributed by atoms with van der Waals surface area (Å²) in [6.45, 7) is 17.1. The number of Topliss-reactive ketones (excluding diaryl/α,β-unsaturated/α-hetero) is 1. The molecule has 18 nitrogen and oxygen atoms in total. The Labute approximate surface area is 332 Å². The van der Waals surface area contributed by atoms with Crippen molar-refractivity contribution in [1.29, 1.82) is 0 Å². The van der Waals surface area contributed by atoms with Gasteiger partial charge >= 0.3 is 0 Å². The molecule has 0 aromatic carbocycles. The van der Waals surface area contributed by atoms with Gasteiger partial charge < -0.3 is 53.8 Å². The van der Waals surface area contributed by atoms with Gasteiger partial charge in [-0.3, -0.25) is 33.7 Å². The standard InChI is InChI=1S/C38H68N4O14/c1-28(2)32-27-35(46)42(38(32)48)10-7-33(44)39-9-12-50-14-16-52-18-20-54-22-24-56-26-25-55-23-21-53-19-17-51-15-13-49-11-8-34(45)41-36(29(3)4)37(47)40-30(5)31(6)43/h28-30,32,36H,7-27H2,1-6H3,(H,39,44)(H,40,47)(H,41,45)/t30-,32?,36-/m0/s1. The number of hydrogen-bond donors (Lipinski definition) is 3. The summed E-state index contributed by atoms with van der Waals surface area (Å²) in [5.41, 5.74) is 0. The Balaban J connectivity index is 1.80. The predicted molar refractivity (Wildman–Crippen MR) is 204 cm³/mol. The van der Waals surface area contributed by atoms with E-state index < -0.39 is 18.0 Å². The van der Waals surface area contributed by atoms with Crippen molar-refractivity contribution in [3.05, 3.63) is 0 Å². The Bertz CT molecular complexity index is 1140. The number of carbonyl (C=O) groups is 6. The summed E-state index contributed by atoms with van der Waals surface area (Å²) in [4.78, 5) is 73.7. The molecule has 5 amide bonds. The van der Waals surface area contributed by atoms with E-state index in [1.165, 1.54) is 11.8 Å². The highest BCUT2D eigenvalue weighted by Crippen LogP contribution is 2.26. The van der Waals surface area contributed by atoms with Gasteiger partial charge in [-0.15, -0.1) is 0 Å². The lowest BCUT2D eigenvalue weighted by molar-refractivity contribution is -0.140. The molecule has 3 atom stereocenters. The first kappa shape index (κ1) is 50.9. The molecule has 0 saturated carbocycles. The lowest BCUT2D eigenvalue weighted by Crippen LogP contribution is -2.52. The first-order chi connectivity index (χ1) is 26.8. The highest BCUT2D eigenvalue weighted by molar-refractivity contribution is 6.03. The van der Waals surface area contributed by atoms with Gasteiger partial charge in [-0.1, -0.05) is 27.7 Å². The van der Waals surface area contributed by atoms with Gasteiger partial charge in [-0.25, -0.2) is 0 Å². The van der Waals surface area contributed by atoms with E-state index in [0.29, 0.717) is 106 Å². The third-order valence-electron chi connectivity index (χ3n) is 8.53. The zero-order valence-electron chi connectivity index (χ0n) is 34.4. The van der Waals surface area contributed by atoms with E-state index in [-0.39, 0.29) is 79.6 Å². The Morgan fingerprint density at radius 3 is 1.43 bits per heavy atom. The van der Waals surface area contributed by atoms with E-state index in [9.17, 15) is 28.8 Å². The van der Waals surface area contributed by atoms with Crippen LogP contribution < -0.4 is 16.0 Å². The molecule has 0 radical (unpaired) electrons. The highest BCUT2D eigenvalue weighted by atomic mass is 16.6. The van der Waals surface area contributed by atoms with Crippen LogP contribution in [0.5, 0.6) is 0 Å². The van der Waals surface area contributed by atoms with Crippen LogP contribution in [-0.4, -0.2) is 171 Å². The van der Waals surface area contributed by atoms with Crippen LogP contribution in [0, 0.1) is 17.8 Å². The van der Waals surface area contributed by atoms with Gasteiger partial charge in [0.15, 0.2) is 5.78 Å². The molecule has 1 fully saturated rings. The van der Waals surface area contributed by atoms with E-state index >= 15 is 0 Å². The Hall–Kier alpha value is -3.10. The third kappa shape index (κ3) is 24.5. The fourth-order valence-electron chi connectivity index (χ4n) is 5.02. The molecule has 56 heavy (non-hydrogen) atoms. The molecule has 0 aromatic rings. The van der Waals surface area contributed by atoms with Gasteiger partial charge in [0.2, 0.25) is 29.5 Å². The van der Waals surface area contributed by atoms with Crippen molar-refractivity contribution in [2.75, 3.05) is 119 Å². The lowest BCUT2D eigenvalue weighted by Gasteiger charge is -2.23. The van der Waals surface area contributed by atoms with E-state index in [2.05, 4.69) is 16.0 Å². The van der Waals surface area contributed by atoms with E-state index in [1.807, 2.05) is 27.7 Å². The number of ketones is 1. The molecule has 0 aromatic heterocycles. The molecule has 0 aliphatic carbocycles. The van der Waals surface area contributed by atoms with Crippen molar-refractivity contribution in [2.45, 2.75) is 72.9 Å². The van der Waals surface area contributed by atoms with Gasteiger partial charge in [0, 0.05) is 38.3 Å². The summed E-state index contributed by atoms with van der Waals surface area (Å²) in [5.74, 6) is -1.83. The van der Waals surface area contributed by atoms with Gasteiger partial charge in [0.1, 0.15) is 6.04 Å². The SMILES string of the molecule is CC(=O)[C@H](C)NC(=O)[C@@H](NC(=O)CCOCCOCCOCCOCCOCCOCCOCCOCCNC(=O)CCN1C(=O)CC(C(C)C)C1=O)C(C)C. The Morgan fingerprint density at radius 1 is 0.607 bits per heavy atom. The van der Waals surface area contributed by atoms with Crippen molar-refractivity contribution >= 4 is 35.3 Å². The van der Waals surface area contributed by atoms with Crippen molar-refractivity contribution < 1.29 is 66.7 Å². The summed E-state index contributed by atoms with van der Waals surface area (Å²) in [6.07, 6.45) is 0.389. The second-order valence-corrected chi connectivity index (χ2v) is 13.8. The quantitative estimate of drug-likeness (QED) is 0.0574. The third-order valence-corrected chi connectivity index (χ3v) is 8.53. The van der Waals surface area contributed by atoms with Gasteiger partial charge in [0.05, 0.1) is 112 Å². The van der Waals surface area contributed by atoms with Crippen LogP contribution in [0.1, 0.15) is 60.8 Å². The number of rotatable bonds is 36. The average molecular weight is 805 g/mol. The highest BCUT2D eigenvalue weighted by Gasteiger charge is 2.39. The van der Waals surface area contributed by atoms with Crippen molar-refractivity contribution in [2.24, 2.45) is 17.8 Å². The van der Waals surface area contributed by atoms with Crippen molar-refractivity contribution in [3.63, 3.8) is 0 Å². The van der Waals surface area contributed by atoms with E-state index in [4.69, 9.17) is 37.9 Å². The molecular weight excluding hydrogens is 736 g/mol. The molecule has 18 heteroatoms. The van der Waals surface area contributed by atoms with Crippen LogP contribution in [0.4, 0.5) is 0 Å². The summed E-state index contributed by atoms with van der Waals surface area (Å²) in [5, 5.41) is 8.05. The minimum atomic E-state index is -0.736. The molecular formula is C38H68N4O14. The van der Waals surface area contributed by atoms with Crippen LogP contribution in [0.15, 0.2) is 0 Å². The molecule has 324 valence electrons. The second kappa shape index (κ2) is 31.9. The van der Waals surface area contributed by atoms with E-state index in [0.717, 1.165) is 0 Å². The zero-order chi connectivity index (χ0) is 41.6. The van der Waals surface area contributed by atoms with Crippen LogP contribution in [0.2, 0.25) is 0 Å². The van der Waals surface area contributed by atoms with Crippen LogP contribution in [0.25, 0.3) is 0 Å². The monoisotopic (exact) mass is 804 g/mol. The first-order valence-electron chi connectivity index (χ1n) is 19.7. The van der Waals surface area contributed by atoms with Crippen LogP contribution >= 0.6 is 0 Å². The van der Waals surface area contributed by atoms with Crippen molar-refractivity contribution in [3.8, 4) is 0 Å². The molecule has 1 saturated heterocycles. The molecule has 0 bridgehead atoms. The molecule has 1 rings (SSSR count). The number of imide groups is 1. The smallest absolute Gasteiger partial charge is 0.243 e. The molecule has 1 unspecified atom stereocenters. The number of likely N-dealkylation sites (tertiary alicyclic amines) is 1. The first-order valence-corrected chi connectivity index (χ1v) is 19.7. The number of nitrogens with one attached hydrogen (secondary N) is 3. The van der Waals surface area contributed by atoms with Crippen LogP contribution in [0.3, 0.4) is 0 Å². The maximum absolute atomic E-state index is 12.4. The van der Waals surface area contributed by atoms with E-state index in [1.54, 1.807) is 6.92 Å². The number of carbonyl (C=O) groups excluding carboxylic acids is 6. The predicted octanol–water partition coefficient (Wildman–Crippen LogP) is 0.281. The summed E-state index contributed by atoms with van der Waals surface area (Å²) in [7, 11) is 0. The minimum Gasteiger partial charge on any atom is -0.379 e. The van der Waals surface area contributed by atoms with Gasteiger partial charge in [0.25, 0.3) is 0 Å². The molecule has 3 N–H and O–H groups in total. The lowest BCUT2D eigenvalue weighted by atomic mass is 9.94. The number of ether oxygens (including phenoxy) is 8. The zero-order valence-corrected chi connectivity index (χ0v) is 34.4. The Morgan fingerprint density at radius 2 is 1.04 bits per heavy atom. The second-order valence-electron chi connectivity index (χ2n) is 13.8. The normalized spacial score (nSPS) is 15.4. The maximum Gasteiger partial charge on any atom is 0.243 e. The average Bonchev–Trinajstić information content (AvgIpc) is 3.44. The number of hydrogen-bond acceptors (Lipinski definition) is 14. The maximum atomic E-state index is 12.4. The molecule has 1 aliphatic heterocycles. The van der Waals surface area contributed by atoms with Crippen molar-refractivity contribution in [1.82, 2.24) is 20.9 Å². The summed E-state index contributed by atoms with van der Waals surface area (Å²) in [6, 6.07) is -1.35. The summed E-state index contributed by atoms with van der Waals surface area (Å²) >= 11 is 0. The molecule has 1 heterocycles.